The lowest BCUT2D eigenvalue weighted by Gasteiger charge is -2.26. The van der Waals surface area contributed by atoms with Crippen LogP contribution in [0.2, 0.25) is 0 Å². The normalized spacial score (nSPS) is 28.8. The first-order valence-corrected chi connectivity index (χ1v) is 8.87. The van der Waals surface area contributed by atoms with Crippen molar-refractivity contribution in [3.05, 3.63) is 29.3 Å². The van der Waals surface area contributed by atoms with Gasteiger partial charge in [0.1, 0.15) is 0 Å². The van der Waals surface area contributed by atoms with E-state index in [1.54, 1.807) is 24.0 Å². The van der Waals surface area contributed by atoms with Gasteiger partial charge in [0, 0.05) is 60.8 Å². The van der Waals surface area contributed by atoms with Gasteiger partial charge in [-0.2, -0.15) is 10.2 Å². The van der Waals surface area contributed by atoms with E-state index in [0.29, 0.717) is 22.9 Å². The van der Waals surface area contributed by atoms with Gasteiger partial charge in [0.2, 0.25) is 0 Å². The first-order chi connectivity index (χ1) is 12.4. The van der Waals surface area contributed by atoms with Gasteiger partial charge in [-0.3, -0.25) is 14.6 Å². The topological polar surface area (TPSA) is 87.6 Å². The van der Waals surface area contributed by atoms with Gasteiger partial charge in [0.25, 0.3) is 11.8 Å². The fraction of sp³-hybridized carbons (Fsp3) is 0.588. The van der Waals surface area contributed by atoms with Gasteiger partial charge >= 0.3 is 0 Å². The van der Waals surface area contributed by atoms with Gasteiger partial charge in [-0.1, -0.05) is 6.92 Å². The highest BCUT2D eigenvalue weighted by Gasteiger charge is 2.78. The lowest BCUT2D eigenvalue weighted by atomic mass is 9.87. The molecule has 2 aromatic rings. The van der Waals surface area contributed by atoms with Crippen LogP contribution in [-0.4, -0.2) is 44.9 Å². The zero-order valence-corrected chi connectivity index (χ0v) is 14.4. The van der Waals surface area contributed by atoms with Gasteiger partial charge < -0.3 is 10.6 Å². The fourth-order valence-corrected chi connectivity index (χ4v) is 4.26. The molecule has 0 radical (unpaired) electrons. The van der Waals surface area contributed by atoms with Crippen LogP contribution in [0.5, 0.6) is 0 Å². The van der Waals surface area contributed by atoms with Crippen molar-refractivity contribution in [2.75, 3.05) is 18.4 Å². The number of hydrogen-bond donors (Lipinski definition) is 3. The second-order valence-electron chi connectivity index (χ2n) is 7.93. The largest absolute Gasteiger partial charge is 0.318 e. The molecule has 0 bridgehead atoms. The second kappa shape index (κ2) is 5.12. The van der Waals surface area contributed by atoms with Crippen molar-refractivity contribution in [1.82, 2.24) is 25.3 Å². The number of nitrogens with zero attached hydrogens (tertiary/aromatic N) is 3. The number of carbonyl (C=O) groups is 1. The Hall–Kier alpha value is -2.29. The smallest absolute Gasteiger partial charge is 0.276 e. The SMILES string of the molecule is C[C@@]12Cc3[nH]nc(C(=O)Nc4cnn(CC5CNC5)c4)c3C[C@@H]1C2(F)F. The molecule has 2 aromatic heterocycles. The van der Waals surface area contributed by atoms with E-state index in [2.05, 4.69) is 25.9 Å². The summed E-state index contributed by atoms with van der Waals surface area (Å²) < 4.78 is 29.8. The predicted molar refractivity (Wildman–Crippen MR) is 89.1 cm³/mol. The third-order valence-electron chi connectivity index (χ3n) is 6.21. The summed E-state index contributed by atoms with van der Waals surface area (Å²) in [6.45, 7) is 4.36. The Morgan fingerprint density at radius 2 is 2.27 bits per heavy atom. The summed E-state index contributed by atoms with van der Waals surface area (Å²) in [5.41, 5.74) is 1.06. The van der Waals surface area contributed by atoms with Crippen LogP contribution in [0.3, 0.4) is 0 Å². The van der Waals surface area contributed by atoms with Crippen molar-refractivity contribution in [3.8, 4) is 0 Å². The minimum atomic E-state index is -2.67. The molecule has 0 unspecified atom stereocenters. The van der Waals surface area contributed by atoms with Crippen molar-refractivity contribution in [3.63, 3.8) is 0 Å². The number of nitrogens with one attached hydrogen (secondary N) is 3. The minimum absolute atomic E-state index is 0.187. The van der Waals surface area contributed by atoms with E-state index < -0.39 is 17.3 Å². The summed E-state index contributed by atoms with van der Waals surface area (Å²) in [5, 5.41) is 17.1. The zero-order chi connectivity index (χ0) is 18.1. The standard InChI is InChI=1S/C17H20F2N6O/c1-16-3-12-11(2-13(16)17(16,18)19)14(24-23-12)15(26)22-10-6-21-25(8-10)7-9-4-20-5-9/h6,8-9,13,20H,2-5,7H2,1H3,(H,22,26)(H,23,24)/t13-,16+/m0/s1. The maximum atomic E-state index is 14.0. The molecule has 7 nitrogen and oxygen atoms in total. The Morgan fingerprint density at radius 3 is 3.00 bits per heavy atom. The van der Waals surface area contributed by atoms with Crippen LogP contribution < -0.4 is 10.6 Å². The monoisotopic (exact) mass is 362 g/mol. The van der Waals surface area contributed by atoms with Crippen molar-refractivity contribution >= 4 is 11.6 Å². The summed E-state index contributed by atoms with van der Waals surface area (Å²) in [7, 11) is 0. The number of H-pyrrole nitrogens is 1. The number of fused-ring (bicyclic) bond motifs is 2. The lowest BCUT2D eigenvalue weighted by molar-refractivity contribution is 0.0631. The number of hydrogen-bond acceptors (Lipinski definition) is 4. The highest BCUT2D eigenvalue weighted by molar-refractivity contribution is 6.04. The Kier molecular flexibility index (Phi) is 3.14. The van der Waals surface area contributed by atoms with Gasteiger partial charge in [-0.25, -0.2) is 8.78 Å². The summed E-state index contributed by atoms with van der Waals surface area (Å²) in [5.74, 6) is -3.20. The molecule has 0 aromatic carbocycles. The number of amides is 1. The van der Waals surface area contributed by atoms with Gasteiger partial charge in [-0.15, -0.1) is 0 Å². The molecule has 1 amide bonds. The number of alkyl halides is 2. The fourth-order valence-electron chi connectivity index (χ4n) is 4.26. The molecule has 1 saturated heterocycles. The van der Waals surface area contributed by atoms with Crippen molar-refractivity contribution in [2.45, 2.75) is 32.2 Å². The molecule has 1 aliphatic heterocycles. The molecule has 2 atom stereocenters. The molecular weight excluding hydrogens is 342 g/mol. The van der Waals surface area contributed by atoms with E-state index in [4.69, 9.17) is 0 Å². The molecule has 3 heterocycles. The lowest BCUT2D eigenvalue weighted by Crippen LogP contribution is -2.44. The number of aromatic amines is 1. The van der Waals surface area contributed by atoms with Gasteiger partial charge in [-0.05, 0) is 6.42 Å². The summed E-state index contributed by atoms with van der Waals surface area (Å²) in [6.07, 6.45) is 3.79. The zero-order valence-electron chi connectivity index (χ0n) is 14.4. The third kappa shape index (κ3) is 2.16. The highest BCUT2D eigenvalue weighted by atomic mass is 19.3. The second-order valence-corrected chi connectivity index (χ2v) is 7.93. The van der Waals surface area contributed by atoms with Crippen LogP contribution in [-0.2, 0) is 19.4 Å². The van der Waals surface area contributed by atoms with Gasteiger partial charge in [0.05, 0.1) is 11.9 Å². The van der Waals surface area contributed by atoms with E-state index >= 15 is 0 Å². The molecule has 3 N–H and O–H groups in total. The quantitative estimate of drug-likeness (QED) is 0.768. The van der Waals surface area contributed by atoms with E-state index in [-0.39, 0.29) is 24.4 Å². The Labute approximate surface area is 148 Å². The molecule has 138 valence electrons. The molecule has 1 saturated carbocycles. The maximum absolute atomic E-state index is 14.0. The van der Waals surface area contributed by atoms with Crippen LogP contribution in [0.15, 0.2) is 12.4 Å². The number of anilines is 1. The molecule has 0 spiro atoms. The van der Waals surface area contributed by atoms with Crippen molar-refractivity contribution in [2.24, 2.45) is 17.3 Å². The molecule has 2 fully saturated rings. The Balaban J connectivity index is 1.30. The predicted octanol–water partition coefficient (Wildman–Crippen LogP) is 1.45. The molecule has 26 heavy (non-hydrogen) atoms. The van der Waals surface area contributed by atoms with E-state index in [1.165, 1.54) is 0 Å². The number of halogens is 2. The van der Waals surface area contributed by atoms with Crippen LogP contribution in [0.25, 0.3) is 0 Å². The first kappa shape index (κ1) is 15.9. The molecule has 2 aliphatic carbocycles. The van der Waals surface area contributed by atoms with Crippen molar-refractivity contribution < 1.29 is 13.6 Å². The molecule has 5 rings (SSSR count). The summed E-state index contributed by atoms with van der Waals surface area (Å²) >= 11 is 0. The first-order valence-electron chi connectivity index (χ1n) is 8.87. The van der Waals surface area contributed by atoms with Crippen molar-refractivity contribution in [1.29, 1.82) is 0 Å². The van der Waals surface area contributed by atoms with Crippen LogP contribution in [0.4, 0.5) is 14.5 Å². The summed E-state index contributed by atoms with van der Waals surface area (Å²) in [4.78, 5) is 12.6. The molecule has 3 aliphatic rings. The van der Waals surface area contributed by atoms with Crippen LogP contribution >= 0.6 is 0 Å². The average molecular weight is 362 g/mol. The molecule has 9 heteroatoms. The number of rotatable bonds is 4. The van der Waals surface area contributed by atoms with Gasteiger partial charge in [0.15, 0.2) is 5.69 Å². The van der Waals surface area contributed by atoms with E-state index in [0.717, 1.165) is 19.6 Å². The highest BCUT2D eigenvalue weighted by Crippen LogP contribution is 2.70. The third-order valence-corrected chi connectivity index (χ3v) is 6.21. The summed E-state index contributed by atoms with van der Waals surface area (Å²) in [6, 6.07) is 0. The Bertz CT molecular complexity index is 886. The van der Waals surface area contributed by atoms with E-state index in [1.807, 2.05) is 0 Å². The average Bonchev–Trinajstić information content (AvgIpc) is 2.99. The van der Waals surface area contributed by atoms with Crippen LogP contribution in [0.1, 0.15) is 28.7 Å². The van der Waals surface area contributed by atoms with Crippen LogP contribution in [0, 0.1) is 17.3 Å². The number of carbonyl (C=O) groups excluding carboxylic acids is 1. The minimum Gasteiger partial charge on any atom is -0.318 e. The number of aromatic nitrogens is 4. The van der Waals surface area contributed by atoms with E-state index in [9.17, 15) is 13.6 Å². The Morgan fingerprint density at radius 1 is 1.46 bits per heavy atom. The maximum Gasteiger partial charge on any atom is 0.276 e. The molecular formula is C17H20F2N6O.